The Morgan fingerprint density at radius 2 is 2.25 bits per heavy atom. The second kappa shape index (κ2) is 3.66. The molecule has 0 radical (unpaired) electrons. The zero-order chi connectivity index (χ0) is 9.19. The fourth-order valence-electron chi connectivity index (χ4n) is 1.18. The van der Waals surface area contributed by atoms with Crippen LogP contribution in [0, 0.1) is 5.92 Å². The van der Waals surface area contributed by atoms with Crippen molar-refractivity contribution in [2.24, 2.45) is 5.92 Å². The molecule has 2 nitrogen and oxygen atoms in total. The number of halogens is 2. The van der Waals surface area contributed by atoms with Gasteiger partial charge in [-0.25, -0.2) is 8.78 Å². The summed E-state index contributed by atoms with van der Waals surface area (Å²) in [4.78, 5) is 0. The minimum atomic E-state index is -2.55. The van der Waals surface area contributed by atoms with Crippen molar-refractivity contribution in [3.05, 3.63) is 0 Å². The van der Waals surface area contributed by atoms with Crippen LogP contribution in [0.1, 0.15) is 20.3 Å². The first-order valence-electron chi connectivity index (χ1n) is 4.20. The summed E-state index contributed by atoms with van der Waals surface area (Å²) in [6.07, 6.45) is 0.0603. The maximum Gasteiger partial charge on any atom is 0.245 e. The molecule has 0 aromatic heterocycles. The quantitative estimate of drug-likeness (QED) is 0.648. The van der Waals surface area contributed by atoms with E-state index in [0.29, 0.717) is 6.54 Å². The minimum absolute atomic E-state index is 0.00537. The van der Waals surface area contributed by atoms with Gasteiger partial charge in [-0.1, -0.05) is 6.92 Å². The smallest absolute Gasteiger partial charge is 0.245 e. The van der Waals surface area contributed by atoms with Gasteiger partial charge in [0.15, 0.2) is 0 Å². The van der Waals surface area contributed by atoms with Gasteiger partial charge < -0.3 is 4.74 Å². The van der Waals surface area contributed by atoms with E-state index < -0.39 is 5.92 Å². The molecule has 1 saturated heterocycles. The highest BCUT2D eigenvalue weighted by Gasteiger charge is 2.26. The summed E-state index contributed by atoms with van der Waals surface area (Å²) in [6, 6.07) is 0. The lowest BCUT2D eigenvalue weighted by Gasteiger charge is -2.16. The molecule has 2 unspecified atom stereocenters. The molecule has 1 N–H and O–H groups in total. The van der Waals surface area contributed by atoms with Gasteiger partial charge in [0, 0.05) is 13.0 Å². The third-order valence-corrected chi connectivity index (χ3v) is 1.73. The molecule has 0 bridgehead atoms. The molecule has 1 rings (SSSR count). The normalized spacial score (nSPS) is 25.5. The van der Waals surface area contributed by atoms with Crippen LogP contribution in [-0.2, 0) is 4.74 Å². The first kappa shape index (κ1) is 9.86. The topological polar surface area (TPSA) is 24.6 Å². The van der Waals surface area contributed by atoms with Crippen LogP contribution in [0.25, 0.3) is 0 Å². The summed E-state index contributed by atoms with van der Waals surface area (Å²) >= 11 is 0. The Labute approximate surface area is 71.3 Å². The van der Waals surface area contributed by atoms with Crippen LogP contribution in [0.3, 0.4) is 0 Å². The zero-order valence-electron chi connectivity index (χ0n) is 7.44. The average molecular weight is 179 g/mol. The maximum atomic E-state index is 12.5. The molecule has 4 heteroatoms. The Morgan fingerprint density at radius 1 is 1.67 bits per heavy atom. The predicted octanol–water partition coefficient (Wildman–Crippen LogP) is 1.61. The number of hydrogen-bond acceptors (Lipinski definition) is 2. The number of ether oxygens (including phenoxy) is 1. The van der Waals surface area contributed by atoms with Gasteiger partial charge in [0.25, 0.3) is 0 Å². The van der Waals surface area contributed by atoms with E-state index in [4.69, 9.17) is 4.74 Å². The van der Waals surface area contributed by atoms with Crippen LogP contribution >= 0.6 is 0 Å². The Kier molecular flexibility index (Phi) is 3.01. The van der Waals surface area contributed by atoms with Crippen LogP contribution in [0.2, 0.25) is 0 Å². The van der Waals surface area contributed by atoms with Gasteiger partial charge >= 0.3 is 0 Å². The molecule has 2 atom stereocenters. The largest absolute Gasteiger partial charge is 0.357 e. The van der Waals surface area contributed by atoms with E-state index in [0.717, 1.165) is 13.5 Å². The number of nitrogens with one attached hydrogen (secondary N) is 1. The molecule has 0 aliphatic carbocycles. The van der Waals surface area contributed by atoms with Gasteiger partial charge in [0.2, 0.25) is 5.92 Å². The Balaban J connectivity index is 2.05. The van der Waals surface area contributed by atoms with Crippen molar-refractivity contribution < 1.29 is 13.5 Å². The van der Waals surface area contributed by atoms with Gasteiger partial charge in [-0.3, -0.25) is 5.32 Å². The van der Waals surface area contributed by atoms with Crippen LogP contribution in [0.5, 0.6) is 0 Å². The zero-order valence-corrected chi connectivity index (χ0v) is 7.44. The highest BCUT2D eigenvalue weighted by Crippen LogP contribution is 2.22. The van der Waals surface area contributed by atoms with Crippen molar-refractivity contribution in [3.63, 3.8) is 0 Å². The van der Waals surface area contributed by atoms with E-state index in [9.17, 15) is 8.78 Å². The Hall–Kier alpha value is -0.220. The lowest BCUT2D eigenvalue weighted by molar-refractivity contribution is -0.00143. The third kappa shape index (κ3) is 4.62. The van der Waals surface area contributed by atoms with Crippen LogP contribution in [-0.4, -0.2) is 25.3 Å². The summed E-state index contributed by atoms with van der Waals surface area (Å²) in [6.45, 7) is 4.09. The molecule has 0 amide bonds. The van der Waals surface area contributed by atoms with Crippen LogP contribution in [0.15, 0.2) is 0 Å². The molecule has 1 fully saturated rings. The van der Waals surface area contributed by atoms with E-state index in [1.807, 2.05) is 6.92 Å². The minimum Gasteiger partial charge on any atom is -0.357 e. The third-order valence-electron chi connectivity index (χ3n) is 1.73. The fraction of sp³-hybridized carbons (Fsp3) is 1.00. The number of alkyl halides is 2. The summed E-state index contributed by atoms with van der Waals surface area (Å²) in [7, 11) is 0. The second-order valence-electron chi connectivity index (χ2n) is 3.61. The fourth-order valence-corrected chi connectivity index (χ4v) is 1.18. The van der Waals surface area contributed by atoms with Crippen LogP contribution in [0.4, 0.5) is 8.78 Å². The van der Waals surface area contributed by atoms with Crippen LogP contribution < -0.4 is 5.32 Å². The van der Waals surface area contributed by atoms with Crippen molar-refractivity contribution in [2.75, 3.05) is 13.2 Å². The van der Waals surface area contributed by atoms with E-state index in [1.165, 1.54) is 0 Å². The van der Waals surface area contributed by atoms with Gasteiger partial charge in [-0.15, -0.1) is 0 Å². The monoisotopic (exact) mass is 179 g/mol. The van der Waals surface area contributed by atoms with Crippen molar-refractivity contribution in [2.45, 2.75) is 32.4 Å². The van der Waals surface area contributed by atoms with Gasteiger partial charge in [0.05, 0.1) is 6.61 Å². The first-order chi connectivity index (χ1) is 5.47. The van der Waals surface area contributed by atoms with E-state index in [2.05, 4.69) is 5.32 Å². The molecular formula is C8H15F2NO. The molecular weight excluding hydrogens is 164 g/mol. The van der Waals surface area contributed by atoms with Crippen molar-refractivity contribution in [3.8, 4) is 0 Å². The van der Waals surface area contributed by atoms with E-state index >= 15 is 0 Å². The molecule has 72 valence electrons. The molecule has 1 aliphatic rings. The Bertz CT molecular complexity index is 142. The average Bonchev–Trinajstić information content (AvgIpc) is 2.61. The predicted molar refractivity (Wildman–Crippen MR) is 42.1 cm³/mol. The molecule has 12 heavy (non-hydrogen) atoms. The van der Waals surface area contributed by atoms with E-state index in [1.54, 1.807) is 0 Å². The summed E-state index contributed by atoms with van der Waals surface area (Å²) < 4.78 is 29.8. The van der Waals surface area contributed by atoms with Crippen molar-refractivity contribution in [1.29, 1.82) is 0 Å². The highest BCUT2D eigenvalue weighted by molar-refractivity contribution is 4.71. The van der Waals surface area contributed by atoms with Gasteiger partial charge in [0.1, 0.15) is 6.23 Å². The SMILES string of the molecule is CC(CNC1CO1)CC(C)(F)F. The summed E-state index contributed by atoms with van der Waals surface area (Å²) in [5, 5.41) is 3.02. The van der Waals surface area contributed by atoms with Gasteiger partial charge in [-0.2, -0.15) is 0 Å². The maximum absolute atomic E-state index is 12.5. The molecule has 0 aromatic carbocycles. The number of epoxide rings is 1. The molecule has 0 aromatic rings. The molecule has 0 saturated carbocycles. The van der Waals surface area contributed by atoms with Crippen molar-refractivity contribution >= 4 is 0 Å². The molecule has 1 aliphatic heterocycles. The lowest BCUT2D eigenvalue weighted by atomic mass is 10.0. The van der Waals surface area contributed by atoms with E-state index in [-0.39, 0.29) is 18.6 Å². The van der Waals surface area contributed by atoms with Crippen molar-refractivity contribution in [1.82, 2.24) is 5.32 Å². The van der Waals surface area contributed by atoms with Gasteiger partial charge in [-0.05, 0) is 12.8 Å². The number of hydrogen-bond donors (Lipinski definition) is 1. The standard InChI is InChI=1S/C8H15F2NO/c1-6(3-8(2,9)10)4-11-7-5-12-7/h6-7,11H,3-5H2,1-2H3. The first-order valence-corrected chi connectivity index (χ1v) is 4.20. The highest BCUT2D eigenvalue weighted by atomic mass is 19.3. The second-order valence-corrected chi connectivity index (χ2v) is 3.61. The summed E-state index contributed by atoms with van der Waals surface area (Å²) in [5.41, 5.74) is 0. The Morgan fingerprint density at radius 3 is 2.67 bits per heavy atom. The molecule has 1 heterocycles. The number of rotatable bonds is 5. The lowest BCUT2D eigenvalue weighted by Crippen LogP contribution is -2.27. The summed E-state index contributed by atoms with van der Waals surface area (Å²) in [5.74, 6) is -2.56. The molecule has 0 spiro atoms.